The van der Waals surface area contributed by atoms with E-state index in [0.29, 0.717) is 56.0 Å². The molecule has 1 N–H and O–H groups in total. The lowest BCUT2D eigenvalue weighted by Gasteiger charge is -2.31. The summed E-state index contributed by atoms with van der Waals surface area (Å²) in [4.78, 5) is 31.0. The molecule has 0 atom stereocenters. The first-order chi connectivity index (χ1) is 16.5. The predicted molar refractivity (Wildman–Crippen MR) is 126 cm³/mol. The monoisotopic (exact) mass is 464 g/mol. The molecule has 0 aliphatic carbocycles. The number of rotatable bonds is 8. The van der Waals surface area contributed by atoms with Crippen LogP contribution in [0.1, 0.15) is 30.7 Å². The molecule has 178 valence electrons. The first kappa shape index (κ1) is 23.5. The van der Waals surface area contributed by atoms with E-state index >= 15 is 0 Å². The summed E-state index contributed by atoms with van der Waals surface area (Å²) in [5.41, 5.74) is 1.12. The van der Waals surface area contributed by atoms with E-state index in [2.05, 4.69) is 10.3 Å². The Morgan fingerprint density at radius 3 is 2.59 bits per heavy atom. The van der Waals surface area contributed by atoms with Crippen molar-refractivity contribution >= 4 is 11.8 Å². The molecule has 1 saturated heterocycles. The number of hydrogen-bond acceptors (Lipinski definition) is 4. The summed E-state index contributed by atoms with van der Waals surface area (Å²) in [6.07, 6.45) is 4.88. The molecule has 3 aromatic rings. The highest BCUT2D eigenvalue weighted by atomic mass is 19.1. The third-order valence-electron chi connectivity index (χ3n) is 6.11. The molecule has 4 rings (SSSR count). The minimum atomic E-state index is -0.365. The van der Waals surface area contributed by atoms with Gasteiger partial charge in [-0.05, 0) is 49.6 Å². The third-order valence-corrected chi connectivity index (χ3v) is 6.11. The van der Waals surface area contributed by atoms with E-state index in [4.69, 9.17) is 4.74 Å². The maximum absolute atomic E-state index is 14.6. The molecule has 0 saturated carbocycles. The van der Waals surface area contributed by atoms with Gasteiger partial charge < -0.3 is 19.5 Å². The van der Waals surface area contributed by atoms with Gasteiger partial charge in [-0.25, -0.2) is 9.37 Å². The van der Waals surface area contributed by atoms with Gasteiger partial charge >= 0.3 is 0 Å². The lowest BCUT2D eigenvalue weighted by molar-refractivity contribution is -0.136. The number of carbonyl (C=O) groups excluding carboxylic acids is 2. The van der Waals surface area contributed by atoms with Crippen molar-refractivity contribution < 1.29 is 18.7 Å². The van der Waals surface area contributed by atoms with Crippen molar-refractivity contribution in [3.63, 3.8) is 0 Å². The number of nitrogens with one attached hydrogen (secondary N) is 1. The largest absolute Gasteiger partial charge is 0.493 e. The molecule has 2 amide bonds. The lowest BCUT2D eigenvalue weighted by Crippen LogP contribution is -2.43. The zero-order chi connectivity index (χ0) is 23.9. The summed E-state index contributed by atoms with van der Waals surface area (Å²) >= 11 is 0. The SMILES string of the molecule is Cc1nccn1-c1ccc(CNC(=O)C2CCN(C(=O)CCOc3ccccc3)CC2)cc1F. The first-order valence-corrected chi connectivity index (χ1v) is 11.5. The second-order valence-corrected chi connectivity index (χ2v) is 8.41. The fourth-order valence-electron chi connectivity index (χ4n) is 4.14. The van der Waals surface area contributed by atoms with Crippen LogP contribution in [0.3, 0.4) is 0 Å². The Labute approximate surface area is 198 Å². The number of aryl methyl sites for hydroxylation is 1. The number of hydrogen-bond donors (Lipinski definition) is 1. The van der Waals surface area contributed by atoms with Crippen molar-refractivity contribution in [2.24, 2.45) is 5.92 Å². The van der Waals surface area contributed by atoms with E-state index in [1.165, 1.54) is 6.07 Å². The molecule has 0 spiro atoms. The van der Waals surface area contributed by atoms with Crippen LogP contribution in [0.25, 0.3) is 5.69 Å². The van der Waals surface area contributed by atoms with Crippen LogP contribution in [0.15, 0.2) is 60.9 Å². The Balaban J connectivity index is 1.20. The van der Waals surface area contributed by atoms with Crippen LogP contribution in [-0.2, 0) is 16.1 Å². The van der Waals surface area contributed by atoms with Crippen molar-refractivity contribution in [3.8, 4) is 11.4 Å². The summed E-state index contributed by atoms with van der Waals surface area (Å²) < 4.78 is 21.9. The van der Waals surface area contributed by atoms with Crippen LogP contribution in [-0.4, -0.2) is 46.0 Å². The minimum Gasteiger partial charge on any atom is -0.493 e. The van der Waals surface area contributed by atoms with E-state index in [1.807, 2.05) is 37.3 Å². The van der Waals surface area contributed by atoms with E-state index in [0.717, 1.165) is 5.75 Å². The van der Waals surface area contributed by atoms with Crippen LogP contribution in [0.5, 0.6) is 5.75 Å². The van der Waals surface area contributed by atoms with E-state index in [1.54, 1.807) is 34.0 Å². The van der Waals surface area contributed by atoms with Crippen LogP contribution in [0, 0.1) is 18.7 Å². The molecule has 0 bridgehead atoms. The van der Waals surface area contributed by atoms with Gasteiger partial charge in [0.2, 0.25) is 11.8 Å². The number of halogens is 1. The molecular formula is C26H29FN4O3. The molecule has 1 fully saturated rings. The van der Waals surface area contributed by atoms with E-state index < -0.39 is 0 Å². The number of nitrogens with zero attached hydrogens (tertiary/aromatic N) is 3. The third kappa shape index (κ3) is 5.81. The Hall–Kier alpha value is -3.68. The van der Waals surface area contributed by atoms with Crippen molar-refractivity contribution in [1.29, 1.82) is 0 Å². The van der Waals surface area contributed by atoms with Gasteiger partial charge in [0.05, 0.1) is 18.7 Å². The second-order valence-electron chi connectivity index (χ2n) is 8.41. The maximum atomic E-state index is 14.6. The summed E-state index contributed by atoms with van der Waals surface area (Å²) in [5.74, 6) is 0.914. The zero-order valence-electron chi connectivity index (χ0n) is 19.2. The standard InChI is InChI=1S/C26H29FN4O3/c1-19-28-12-15-31(19)24-8-7-20(17-23(24)27)18-29-26(33)21-9-13-30(14-10-21)25(32)11-16-34-22-5-3-2-4-6-22/h2-8,12,15,17,21H,9-11,13-14,16,18H2,1H3,(H,29,33). The molecule has 2 heterocycles. The number of para-hydroxylation sites is 1. The molecule has 0 radical (unpaired) electrons. The fourth-order valence-corrected chi connectivity index (χ4v) is 4.14. The second kappa shape index (κ2) is 11.0. The number of carbonyl (C=O) groups is 2. The smallest absolute Gasteiger partial charge is 0.225 e. The molecule has 1 aliphatic heterocycles. The Kier molecular flexibility index (Phi) is 7.57. The lowest BCUT2D eigenvalue weighted by atomic mass is 9.95. The Morgan fingerprint density at radius 2 is 1.91 bits per heavy atom. The molecule has 2 aromatic carbocycles. The molecule has 0 unspecified atom stereocenters. The van der Waals surface area contributed by atoms with Gasteiger partial charge in [0, 0.05) is 37.9 Å². The highest BCUT2D eigenvalue weighted by Crippen LogP contribution is 2.20. The number of likely N-dealkylation sites (tertiary alicyclic amines) is 1. The average molecular weight is 465 g/mol. The topological polar surface area (TPSA) is 76.5 Å². The quantitative estimate of drug-likeness (QED) is 0.552. The number of ether oxygens (including phenoxy) is 1. The van der Waals surface area contributed by atoms with Gasteiger partial charge in [-0.1, -0.05) is 24.3 Å². The average Bonchev–Trinajstić information content (AvgIpc) is 3.28. The van der Waals surface area contributed by atoms with E-state index in [-0.39, 0.29) is 30.1 Å². The van der Waals surface area contributed by atoms with E-state index in [9.17, 15) is 14.0 Å². The summed E-state index contributed by atoms with van der Waals surface area (Å²) in [7, 11) is 0. The van der Waals surface area contributed by atoms with Gasteiger partial charge in [-0.15, -0.1) is 0 Å². The number of benzene rings is 2. The zero-order valence-corrected chi connectivity index (χ0v) is 19.2. The highest BCUT2D eigenvalue weighted by Gasteiger charge is 2.27. The van der Waals surface area contributed by atoms with Crippen molar-refractivity contribution in [2.75, 3.05) is 19.7 Å². The van der Waals surface area contributed by atoms with Crippen LogP contribution in [0.4, 0.5) is 4.39 Å². The molecule has 8 heteroatoms. The van der Waals surface area contributed by atoms with Gasteiger partial charge in [0.25, 0.3) is 0 Å². The van der Waals surface area contributed by atoms with Crippen molar-refractivity contribution in [3.05, 3.63) is 78.1 Å². The predicted octanol–water partition coefficient (Wildman–Crippen LogP) is 3.64. The maximum Gasteiger partial charge on any atom is 0.225 e. The fraction of sp³-hybridized carbons (Fsp3) is 0.346. The van der Waals surface area contributed by atoms with Crippen LogP contribution < -0.4 is 10.1 Å². The van der Waals surface area contributed by atoms with Crippen LogP contribution in [0.2, 0.25) is 0 Å². The first-order valence-electron chi connectivity index (χ1n) is 11.5. The summed E-state index contributed by atoms with van der Waals surface area (Å²) in [6.45, 7) is 3.50. The van der Waals surface area contributed by atoms with Crippen molar-refractivity contribution in [2.45, 2.75) is 32.7 Å². The van der Waals surface area contributed by atoms with Gasteiger partial charge in [-0.3, -0.25) is 9.59 Å². The minimum absolute atomic E-state index is 0.0403. The Morgan fingerprint density at radius 1 is 1.15 bits per heavy atom. The summed E-state index contributed by atoms with van der Waals surface area (Å²) in [5, 5.41) is 2.91. The van der Waals surface area contributed by atoms with Gasteiger partial charge in [0.1, 0.15) is 17.4 Å². The highest BCUT2D eigenvalue weighted by molar-refractivity contribution is 5.80. The van der Waals surface area contributed by atoms with Crippen molar-refractivity contribution in [1.82, 2.24) is 19.8 Å². The van der Waals surface area contributed by atoms with Crippen LogP contribution >= 0.6 is 0 Å². The van der Waals surface area contributed by atoms with Gasteiger partial charge in [0.15, 0.2) is 0 Å². The number of aromatic nitrogens is 2. The summed E-state index contributed by atoms with van der Waals surface area (Å²) in [6, 6.07) is 14.3. The number of amides is 2. The number of imidazole rings is 1. The molecule has 34 heavy (non-hydrogen) atoms. The number of piperidine rings is 1. The normalized spacial score (nSPS) is 14.1. The van der Waals surface area contributed by atoms with Gasteiger partial charge in [-0.2, -0.15) is 0 Å². The molecular weight excluding hydrogens is 435 g/mol. The molecule has 7 nitrogen and oxygen atoms in total. The molecule has 1 aromatic heterocycles. The Bertz CT molecular complexity index is 1120. The molecule has 1 aliphatic rings.